The van der Waals surface area contributed by atoms with Crippen molar-refractivity contribution in [3.63, 3.8) is 0 Å². The third-order valence-electron chi connectivity index (χ3n) is 1.42. The molecule has 0 saturated carbocycles. The molecule has 1 rings (SSSR count). The molecule has 3 N–H and O–H groups in total. The molecule has 4 heteroatoms. The summed E-state index contributed by atoms with van der Waals surface area (Å²) in [6.07, 6.45) is 1.59. The Kier molecular flexibility index (Phi) is 3.25. The first-order chi connectivity index (χ1) is 5.72. The molecule has 0 fully saturated rings. The fraction of sp³-hybridized carbons (Fsp3) is 0.250. The molecular formula is C8H12N2OS. The number of anilines is 1. The van der Waals surface area contributed by atoms with Crippen LogP contribution in [0.25, 0.3) is 0 Å². The van der Waals surface area contributed by atoms with E-state index in [1.54, 1.807) is 6.26 Å². The molecule has 1 unspecified atom stereocenters. The Morgan fingerprint density at radius 1 is 1.58 bits per heavy atom. The fourth-order valence-electron chi connectivity index (χ4n) is 0.928. The van der Waals surface area contributed by atoms with E-state index in [1.807, 2.05) is 24.3 Å². The van der Waals surface area contributed by atoms with Gasteiger partial charge in [-0.1, -0.05) is 12.1 Å². The molecule has 66 valence electrons. The number of nitrogens with one attached hydrogen (secondary N) is 1. The van der Waals surface area contributed by atoms with Crippen LogP contribution in [0.1, 0.15) is 5.56 Å². The van der Waals surface area contributed by atoms with Crippen molar-refractivity contribution in [2.75, 3.05) is 11.0 Å². The van der Waals surface area contributed by atoms with E-state index in [9.17, 15) is 4.21 Å². The summed E-state index contributed by atoms with van der Waals surface area (Å²) in [6, 6.07) is 7.57. The number of rotatable bonds is 3. The van der Waals surface area contributed by atoms with E-state index in [-0.39, 0.29) is 0 Å². The van der Waals surface area contributed by atoms with Crippen LogP contribution in [0, 0.1) is 0 Å². The maximum Gasteiger partial charge on any atom is 0.113 e. The number of hydrogen-bond donors (Lipinski definition) is 2. The Hall–Kier alpha value is -0.870. The Labute approximate surface area is 74.6 Å². The molecule has 0 aromatic heterocycles. The highest BCUT2D eigenvalue weighted by atomic mass is 32.2. The Morgan fingerprint density at radius 2 is 2.33 bits per heavy atom. The average Bonchev–Trinajstić information content (AvgIpc) is 2.03. The molecule has 1 aromatic carbocycles. The minimum absolute atomic E-state index is 0.506. The number of nitrogens with two attached hydrogens (primary N) is 1. The van der Waals surface area contributed by atoms with E-state index < -0.39 is 11.0 Å². The first-order valence-electron chi connectivity index (χ1n) is 3.61. The van der Waals surface area contributed by atoms with Crippen LogP contribution in [-0.4, -0.2) is 10.5 Å². The van der Waals surface area contributed by atoms with Crippen molar-refractivity contribution in [3.05, 3.63) is 29.8 Å². The molecular weight excluding hydrogens is 172 g/mol. The molecule has 0 aliphatic rings. The van der Waals surface area contributed by atoms with Crippen LogP contribution in [0.3, 0.4) is 0 Å². The standard InChI is InChI=1S/C8H12N2OS/c1-12(11)10-8-4-2-3-7(5-8)6-9/h2-5,10H,6,9H2,1H3. The summed E-state index contributed by atoms with van der Waals surface area (Å²) in [5.74, 6) is 0. The highest BCUT2D eigenvalue weighted by Crippen LogP contribution is 2.09. The highest BCUT2D eigenvalue weighted by Gasteiger charge is 1.94. The molecule has 12 heavy (non-hydrogen) atoms. The molecule has 0 aliphatic carbocycles. The lowest BCUT2D eigenvalue weighted by Gasteiger charge is -2.03. The van der Waals surface area contributed by atoms with Crippen molar-refractivity contribution in [3.8, 4) is 0 Å². The van der Waals surface area contributed by atoms with Crippen molar-refractivity contribution in [1.29, 1.82) is 0 Å². The van der Waals surface area contributed by atoms with E-state index in [1.165, 1.54) is 0 Å². The van der Waals surface area contributed by atoms with Gasteiger partial charge in [0.2, 0.25) is 0 Å². The summed E-state index contributed by atoms with van der Waals surface area (Å²) < 4.78 is 13.6. The van der Waals surface area contributed by atoms with Crippen LogP contribution in [0.4, 0.5) is 5.69 Å². The summed E-state index contributed by atoms with van der Waals surface area (Å²) in [6.45, 7) is 0.506. The molecule has 0 aliphatic heterocycles. The van der Waals surface area contributed by atoms with E-state index in [0.717, 1.165) is 11.3 Å². The molecule has 3 nitrogen and oxygen atoms in total. The first kappa shape index (κ1) is 9.22. The van der Waals surface area contributed by atoms with Gasteiger partial charge in [0.1, 0.15) is 11.0 Å². The smallest absolute Gasteiger partial charge is 0.113 e. The SMILES string of the molecule is CS(=O)Nc1cccc(CN)c1. The second kappa shape index (κ2) is 4.23. The Balaban J connectivity index is 2.79. The van der Waals surface area contributed by atoms with Crippen molar-refractivity contribution in [2.24, 2.45) is 5.73 Å². The molecule has 0 spiro atoms. The molecule has 0 bridgehead atoms. The van der Waals surface area contributed by atoms with Gasteiger partial charge in [0.05, 0.1) is 0 Å². The lowest BCUT2D eigenvalue weighted by molar-refractivity contribution is 0.690. The largest absolute Gasteiger partial charge is 0.326 e. The molecule has 0 amide bonds. The summed E-state index contributed by atoms with van der Waals surface area (Å²) in [5, 5.41) is 0. The van der Waals surface area contributed by atoms with Gasteiger partial charge in [-0.2, -0.15) is 0 Å². The minimum Gasteiger partial charge on any atom is -0.326 e. The van der Waals surface area contributed by atoms with Crippen LogP contribution < -0.4 is 10.5 Å². The van der Waals surface area contributed by atoms with Gasteiger partial charge in [0.25, 0.3) is 0 Å². The van der Waals surface area contributed by atoms with E-state index in [0.29, 0.717) is 6.54 Å². The van der Waals surface area contributed by atoms with Crippen molar-refractivity contribution < 1.29 is 4.21 Å². The Bertz CT molecular complexity index is 288. The quantitative estimate of drug-likeness (QED) is 0.731. The van der Waals surface area contributed by atoms with E-state index >= 15 is 0 Å². The van der Waals surface area contributed by atoms with Crippen molar-refractivity contribution >= 4 is 16.7 Å². The maximum absolute atomic E-state index is 10.8. The van der Waals surface area contributed by atoms with Crippen molar-refractivity contribution in [2.45, 2.75) is 6.54 Å². The summed E-state index contributed by atoms with van der Waals surface area (Å²) >= 11 is 0. The summed E-state index contributed by atoms with van der Waals surface area (Å²) in [5.41, 5.74) is 7.32. The molecule has 1 atom stereocenters. The van der Waals surface area contributed by atoms with Crippen LogP contribution in [0.15, 0.2) is 24.3 Å². The first-order valence-corrected chi connectivity index (χ1v) is 5.17. The highest BCUT2D eigenvalue weighted by molar-refractivity contribution is 7.85. The topological polar surface area (TPSA) is 55.1 Å². The van der Waals surface area contributed by atoms with E-state index in [2.05, 4.69) is 4.72 Å². The predicted molar refractivity (Wildman–Crippen MR) is 52.0 cm³/mol. The lowest BCUT2D eigenvalue weighted by Crippen LogP contribution is -2.02. The maximum atomic E-state index is 10.8. The summed E-state index contributed by atoms with van der Waals surface area (Å²) in [4.78, 5) is 0. The fourth-order valence-corrected chi connectivity index (χ4v) is 1.39. The second-order valence-corrected chi connectivity index (χ2v) is 3.57. The third kappa shape index (κ3) is 2.64. The normalized spacial score (nSPS) is 12.5. The van der Waals surface area contributed by atoms with Gasteiger partial charge in [-0.05, 0) is 17.7 Å². The zero-order chi connectivity index (χ0) is 8.97. The van der Waals surface area contributed by atoms with Gasteiger partial charge in [-0.15, -0.1) is 0 Å². The van der Waals surface area contributed by atoms with Gasteiger partial charge in [0, 0.05) is 18.5 Å². The lowest BCUT2D eigenvalue weighted by atomic mass is 10.2. The number of benzene rings is 1. The van der Waals surface area contributed by atoms with Crippen LogP contribution >= 0.6 is 0 Å². The Morgan fingerprint density at radius 3 is 2.92 bits per heavy atom. The molecule has 0 heterocycles. The predicted octanol–water partition coefficient (Wildman–Crippen LogP) is 0.851. The van der Waals surface area contributed by atoms with Gasteiger partial charge in [-0.3, -0.25) is 0 Å². The van der Waals surface area contributed by atoms with Gasteiger partial charge >= 0.3 is 0 Å². The van der Waals surface area contributed by atoms with Gasteiger partial charge < -0.3 is 10.5 Å². The summed E-state index contributed by atoms with van der Waals surface area (Å²) in [7, 11) is -1.02. The molecule has 0 radical (unpaired) electrons. The number of hydrogen-bond acceptors (Lipinski definition) is 2. The van der Waals surface area contributed by atoms with Crippen LogP contribution in [0.5, 0.6) is 0 Å². The van der Waals surface area contributed by atoms with Crippen LogP contribution in [-0.2, 0) is 17.5 Å². The van der Waals surface area contributed by atoms with Gasteiger partial charge in [0.15, 0.2) is 0 Å². The average molecular weight is 184 g/mol. The van der Waals surface area contributed by atoms with E-state index in [4.69, 9.17) is 5.73 Å². The van der Waals surface area contributed by atoms with Crippen LogP contribution in [0.2, 0.25) is 0 Å². The third-order valence-corrected chi connectivity index (χ3v) is 1.95. The minimum atomic E-state index is -1.02. The zero-order valence-corrected chi connectivity index (χ0v) is 7.73. The molecule has 1 aromatic rings. The van der Waals surface area contributed by atoms with Gasteiger partial charge in [-0.25, -0.2) is 4.21 Å². The molecule has 0 saturated heterocycles. The van der Waals surface area contributed by atoms with Crippen molar-refractivity contribution in [1.82, 2.24) is 0 Å². The second-order valence-electron chi connectivity index (χ2n) is 2.46. The monoisotopic (exact) mass is 184 g/mol. The zero-order valence-electron chi connectivity index (χ0n) is 6.91.